The Bertz CT molecular complexity index is 581. The minimum Gasteiger partial charge on any atom is -0.273 e. The standard InChI is InChI=1S/C15H20N4S/c1-2-19-9-11(8-17-19)7-14(18-16)13-10-20-15-6-4-3-5-12(13)15/h3-6,8-9,13-14,18H,2,7,10,16H2,1H3. The van der Waals surface area contributed by atoms with Gasteiger partial charge in [0.05, 0.1) is 6.20 Å². The number of aryl methyl sites for hydroxylation is 1. The molecule has 0 fully saturated rings. The Morgan fingerprint density at radius 2 is 2.35 bits per heavy atom. The number of aromatic nitrogens is 2. The number of nitrogens with zero attached hydrogens (tertiary/aromatic N) is 2. The molecule has 1 aromatic heterocycles. The number of hydrogen-bond acceptors (Lipinski definition) is 4. The predicted octanol–water partition coefficient (Wildman–Crippen LogP) is 2.17. The molecule has 3 N–H and O–H groups in total. The molecule has 2 unspecified atom stereocenters. The lowest BCUT2D eigenvalue weighted by atomic mass is 9.90. The van der Waals surface area contributed by atoms with Gasteiger partial charge in [0.1, 0.15) is 0 Å². The number of thioether (sulfide) groups is 1. The van der Waals surface area contributed by atoms with E-state index in [0.29, 0.717) is 5.92 Å². The number of benzene rings is 1. The molecule has 0 saturated heterocycles. The molecule has 3 rings (SSSR count). The van der Waals surface area contributed by atoms with Crippen LogP contribution in [0.15, 0.2) is 41.6 Å². The van der Waals surface area contributed by atoms with Crippen LogP contribution in [-0.2, 0) is 13.0 Å². The van der Waals surface area contributed by atoms with Crippen LogP contribution in [0.3, 0.4) is 0 Å². The van der Waals surface area contributed by atoms with Crippen LogP contribution in [0.25, 0.3) is 0 Å². The first-order valence-electron chi connectivity index (χ1n) is 7.01. The Hall–Kier alpha value is -1.30. The van der Waals surface area contributed by atoms with Gasteiger partial charge in [-0.15, -0.1) is 11.8 Å². The number of nitrogens with one attached hydrogen (secondary N) is 1. The predicted molar refractivity (Wildman–Crippen MR) is 82.6 cm³/mol. The fraction of sp³-hybridized carbons (Fsp3) is 0.400. The maximum absolute atomic E-state index is 5.81. The minimum atomic E-state index is 0.251. The zero-order valence-electron chi connectivity index (χ0n) is 11.6. The first-order valence-corrected chi connectivity index (χ1v) is 7.99. The summed E-state index contributed by atoms with van der Waals surface area (Å²) in [6, 6.07) is 8.88. The summed E-state index contributed by atoms with van der Waals surface area (Å²) in [6.45, 7) is 3.00. The molecule has 1 aliphatic heterocycles. The fourth-order valence-electron chi connectivity index (χ4n) is 2.78. The number of hydrazine groups is 1. The van der Waals surface area contributed by atoms with E-state index in [9.17, 15) is 0 Å². The fourth-order valence-corrected chi connectivity index (χ4v) is 4.11. The lowest BCUT2D eigenvalue weighted by Crippen LogP contribution is -2.41. The smallest absolute Gasteiger partial charge is 0.0522 e. The van der Waals surface area contributed by atoms with E-state index in [1.165, 1.54) is 16.0 Å². The van der Waals surface area contributed by atoms with Gasteiger partial charge in [-0.25, -0.2) is 0 Å². The highest BCUT2D eigenvalue weighted by atomic mass is 32.2. The quantitative estimate of drug-likeness (QED) is 0.654. The molecule has 106 valence electrons. The largest absolute Gasteiger partial charge is 0.273 e. The normalized spacial score (nSPS) is 19.0. The second-order valence-corrected chi connectivity index (χ2v) is 6.20. The summed E-state index contributed by atoms with van der Waals surface area (Å²) in [7, 11) is 0. The van der Waals surface area contributed by atoms with Gasteiger partial charge in [0.25, 0.3) is 0 Å². The number of nitrogens with two attached hydrogens (primary N) is 1. The van der Waals surface area contributed by atoms with Crippen molar-refractivity contribution in [1.29, 1.82) is 0 Å². The molecule has 1 aliphatic rings. The van der Waals surface area contributed by atoms with Crippen molar-refractivity contribution in [3.63, 3.8) is 0 Å². The number of rotatable bonds is 5. The molecule has 0 radical (unpaired) electrons. The highest BCUT2D eigenvalue weighted by Gasteiger charge is 2.29. The minimum absolute atomic E-state index is 0.251. The molecule has 0 aliphatic carbocycles. The van der Waals surface area contributed by atoms with Crippen LogP contribution < -0.4 is 11.3 Å². The Balaban J connectivity index is 1.77. The Labute approximate surface area is 123 Å². The van der Waals surface area contributed by atoms with Gasteiger partial charge in [0, 0.05) is 35.3 Å². The molecular weight excluding hydrogens is 268 g/mol. The molecule has 2 aromatic rings. The van der Waals surface area contributed by atoms with Crippen molar-refractivity contribution in [3.05, 3.63) is 47.8 Å². The van der Waals surface area contributed by atoms with E-state index >= 15 is 0 Å². The summed E-state index contributed by atoms with van der Waals surface area (Å²) in [5.41, 5.74) is 5.67. The highest BCUT2D eigenvalue weighted by molar-refractivity contribution is 7.99. The number of fused-ring (bicyclic) bond motifs is 1. The third-order valence-corrected chi connectivity index (χ3v) is 5.11. The van der Waals surface area contributed by atoms with Crippen LogP contribution in [-0.4, -0.2) is 21.6 Å². The summed E-state index contributed by atoms with van der Waals surface area (Å²) >= 11 is 1.92. The van der Waals surface area contributed by atoms with Crippen molar-refractivity contribution >= 4 is 11.8 Å². The molecule has 2 atom stereocenters. The van der Waals surface area contributed by atoms with Crippen LogP contribution in [0, 0.1) is 0 Å². The summed E-state index contributed by atoms with van der Waals surface area (Å²) in [5, 5.41) is 4.34. The van der Waals surface area contributed by atoms with Crippen molar-refractivity contribution < 1.29 is 0 Å². The summed E-state index contributed by atoms with van der Waals surface area (Å²) < 4.78 is 1.96. The zero-order chi connectivity index (χ0) is 13.9. The maximum Gasteiger partial charge on any atom is 0.0522 e. The van der Waals surface area contributed by atoms with E-state index in [-0.39, 0.29) is 6.04 Å². The SMILES string of the molecule is CCn1cc(CC(NN)C2CSc3ccccc32)cn1. The van der Waals surface area contributed by atoms with E-state index in [1.54, 1.807) is 0 Å². The van der Waals surface area contributed by atoms with Gasteiger partial charge < -0.3 is 0 Å². The Morgan fingerprint density at radius 1 is 1.50 bits per heavy atom. The van der Waals surface area contributed by atoms with Gasteiger partial charge in [-0.1, -0.05) is 18.2 Å². The van der Waals surface area contributed by atoms with E-state index in [0.717, 1.165) is 18.7 Å². The van der Waals surface area contributed by atoms with Crippen molar-refractivity contribution in [2.45, 2.75) is 36.7 Å². The Kier molecular flexibility index (Phi) is 4.10. The van der Waals surface area contributed by atoms with Crippen LogP contribution in [0.4, 0.5) is 0 Å². The average molecular weight is 288 g/mol. The van der Waals surface area contributed by atoms with Gasteiger partial charge in [-0.2, -0.15) is 5.10 Å². The molecule has 0 spiro atoms. The van der Waals surface area contributed by atoms with E-state index in [2.05, 4.69) is 47.9 Å². The molecule has 2 heterocycles. The molecule has 5 heteroatoms. The van der Waals surface area contributed by atoms with Gasteiger partial charge in [-0.05, 0) is 30.5 Å². The number of hydrogen-bond donors (Lipinski definition) is 2. The summed E-state index contributed by atoms with van der Waals surface area (Å²) in [4.78, 5) is 1.39. The van der Waals surface area contributed by atoms with Crippen molar-refractivity contribution in [1.82, 2.24) is 15.2 Å². The second kappa shape index (κ2) is 5.99. The van der Waals surface area contributed by atoms with Gasteiger partial charge in [0.15, 0.2) is 0 Å². The topological polar surface area (TPSA) is 55.9 Å². The van der Waals surface area contributed by atoms with E-state index in [1.807, 2.05) is 22.6 Å². The van der Waals surface area contributed by atoms with Crippen LogP contribution in [0.5, 0.6) is 0 Å². The third kappa shape index (κ3) is 2.61. The molecular formula is C15H20N4S. The van der Waals surface area contributed by atoms with Crippen LogP contribution in [0.2, 0.25) is 0 Å². The van der Waals surface area contributed by atoms with Crippen LogP contribution >= 0.6 is 11.8 Å². The van der Waals surface area contributed by atoms with E-state index < -0.39 is 0 Å². The molecule has 0 bridgehead atoms. The zero-order valence-corrected chi connectivity index (χ0v) is 12.4. The van der Waals surface area contributed by atoms with E-state index in [4.69, 9.17) is 5.84 Å². The van der Waals surface area contributed by atoms with Gasteiger partial charge in [0.2, 0.25) is 0 Å². The van der Waals surface area contributed by atoms with Gasteiger partial charge >= 0.3 is 0 Å². The first kappa shape index (κ1) is 13.7. The average Bonchev–Trinajstić information content (AvgIpc) is 3.11. The molecule has 0 amide bonds. The molecule has 0 saturated carbocycles. The van der Waals surface area contributed by atoms with Crippen molar-refractivity contribution in [3.8, 4) is 0 Å². The van der Waals surface area contributed by atoms with Gasteiger partial charge in [-0.3, -0.25) is 16.0 Å². The van der Waals surface area contributed by atoms with Crippen LogP contribution in [0.1, 0.15) is 24.0 Å². The second-order valence-electron chi connectivity index (χ2n) is 5.14. The molecule has 20 heavy (non-hydrogen) atoms. The highest BCUT2D eigenvalue weighted by Crippen LogP contribution is 2.41. The first-order chi connectivity index (χ1) is 9.81. The summed E-state index contributed by atoms with van der Waals surface area (Å²) in [5.74, 6) is 7.37. The third-order valence-electron chi connectivity index (χ3n) is 3.90. The Morgan fingerprint density at radius 3 is 3.10 bits per heavy atom. The van der Waals surface area contributed by atoms with Crippen molar-refractivity contribution in [2.24, 2.45) is 5.84 Å². The maximum atomic E-state index is 5.81. The van der Waals surface area contributed by atoms with Crippen molar-refractivity contribution in [2.75, 3.05) is 5.75 Å². The summed E-state index contributed by atoms with van der Waals surface area (Å²) in [6.07, 6.45) is 4.97. The monoisotopic (exact) mass is 288 g/mol. The lowest BCUT2D eigenvalue weighted by molar-refractivity contribution is 0.463. The molecule has 4 nitrogen and oxygen atoms in total. The lowest BCUT2D eigenvalue weighted by Gasteiger charge is -2.22. The molecule has 1 aromatic carbocycles.